The Labute approximate surface area is 133 Å². The molecular weight excluding hydrogens is 292 g/mol. The lowest BCUT2D eigenvalue weighted by atomic mass is 9.88. The average molecular weight is 306 g/mol. The van der Waals surface area contributed by atoms with Crippen LogP contribution in [0.5, 0.6) is 0 Å². The van der Waals surface area contributed by atoms with Gasteiger partial charge in [-0.3, -0.25) is 19.5 Å². The molecule has 2 heterocycles. The largest absolute Gasteiger partial charge is 0.375 e. The van der Waals surface area contributed by atoms with Crippen LogP contribution in [0.1, 0.15) is 22.3 Å². The van der Waals surface area contributed by atoms with Crippen LogP contribution >= 0.6 is 0 Å². The number of aliphatic hydroxyl groups is 1. The Morgan fingerprint density at radius 2 is 1.96 bits per heavy atom. The van der Waals surface area contributed by atoms with Crippen LogP contribution in [0.2, 0.25) is 0 Å². The van der Waals surface area contributed by atoms with Crippen molar-refractivity contribution in [3.8, 4) is 12.3 Å². The molecule has 0 saturated heterocycles. The first-order chi connectivity index (χ1) is 11.1. The second kappa shape index (κ2) is 5.67. The second-order valence-corrected chi connectivity index (χ2v) is 5.31. The summed E-state index contributed by atoms with van der Waals surface area (Å²) in [5.74, 6) is 1.50. The van der Waals surface area contributed by atoms with Crippen LogP contribution in [0.15, 0.2) is 48.8 Å². The number of carbonyl (C=O) groups is 2. The molecule has 0 unspecified atom stereocenters. The Morgan fingerprint density at radius 1 is 1.26 bits per heavy atom. The van der Waals surface area contributed by atoms with Gasteiger partial charge < -0.3 is 5.11 Å². The van der Waals surface area contributed by atoms with Crippen LogP contribution in [0.4, 0.5) is 5.69 Å². The van der Waals surface area contributed by atoms with Crippen molar-refractivity contribution in [2.75, 3.05) is 11.4 Å². The first kappa shape index (κ1) is 14.9. The molecule has 2 aromatic rings. The van der Waals surface area contributed by atoms with Gasteiger partial charge in [0.1, 0.15) is 0 Å². The quantitative estimate of drug-likeness (QED) is 0.687. The molecule has 0 spiro atoms. The minimum Gasteiger partial charge on any atom is -0.375 e. The fourth-order valence-corrected chi connectivity index (χ4v) is 2.80. The molecule has 1 N–H and O–H groups in total. The smallest absolute Gasteiger partial charge is 0.265 e. The Hall–Kier alpha value is -2.97. The highest BCUT2D eigenvalue weighted by Crippen LogP contribution is 2.42. The minimum atomic E-state index is -1.90. The number of amides is 1. The summed E-state index contributed by atoms with van der Waals surface area (Å²) in [5, 5.41) is 10.9. The SMILES string of the molecule is C#CCN1C(=O)[C@](O)(CC(=O)c2ccncc2)c2ccccc21. The van der Waals surface area contributed by atoms with Gasteiger partial charge in [0.25, 0.3) is 5.91 Å². The van der Waals surface area contributed by atoms with Crippen LogP contribution in [-0.2, 0) is 10.4 Å². The zero-order valence-corrected chi connectivity index (χ0v) is 12.3. The van der Waals surface area contributed by atoms with Crippen LogP contribution in [0.3, 0.4) is 0 Å². The Morgan fingerprint density at radius 3 is 2.65 bits per heavy atom. The lowest BCUT2D eigenvalue weighted by Crippen LogP contribution is -2.42. The summed E-state index contributed by atoms with van der Waals surface area (Å²) in [6.07, 6.45) is 7.95. The first-order valence-corrected chi connectivity index (χ1v) is 7.08. The number of terminal acetylenes is 1. The summed E-state index contributed by atoms with van der Waals surface area (Å²) in [7, 11) is 0. The zero-order valence-electron chi connectivity index (χ0n) is 12.3. The van der Waals surface area contributed by atoms with E-state index in [9.17, 15) is 14.7 Å². The summed E-state index contributed by atoms with van der Waals surface area (Å²) < 4.78 is 0. The van der Waals surface area contributed by atoms with Crippen molar-refractivity contribution in [2.24, 2.45) is 0 Å². The number of hydrogen-bond donors (Lipinski definition) is 1. The number of rotatable bonds is 4. The Balaban J connectivity index is 1.99. The van der Waals surface area contributed by atoms with E-state index in [2.05, 4.69) is 10.9 Å². The number of nitrogens with zero attached hydrogens (tertiary/aromatic N) is 2. The summed E-state index contributed by atoms with van der Waals surface area (Å²) in [6, 6.07) is 9.93. The zero-order chi connectivity index (χ0) is 16.4. The van der Waals surface area contributed by atoms with E-state index in [1.165, 1.54) is 17.3 Å². The molecule has 1 aliphatic rings. The average Bonchev–Trinajstić information content (AvgIpc) is 2.78. The molecule has 0 aliphatic carbocycles. The highest BCUT2D eigenvalue weighted by molar-refractivity contribution is 6.10. The van der Waals surface area contributed by atoms with Crippen LogP contribution in [0.25, 0.3) is 0 Å². The molecule has 1 amide bonds. The van der Waals surface area contributed by atoms with Crippen LogP contribution < -0.4 is 4.90 Å². The van der Waals surface area contributed by atoms with Crippen LogP contribution in [0, 0.1) is 12.3 Å². The first-order valence-electron chi connectivity index (χ1n) is 7.08. The van der Waals surface area contributed by atoms with E-state index in [0.29, 0.717) is 16.8 Å². The minimum absolute atomic E-state index is 0.0433. The van der Waals surface area contributed by atoms with E-state index in [-0.39, 0.29) is 18.7 Å². The number of aromatic nitrogens is 1. The molecule has 5 heteroatoms. The summed E-state index contributed by atoms with van der Waals surface area (Å²) in [4.78, 5) is 30.3. The number of ketones is 1. The van der Waals surface area contributed by atoms with Gasteiger partial charge in [0.2, 0.25) is 0 Å². The maximum absolute atomic E-state index is 12.7. The van der Waals surface area contributed by atoms with Crippen molar-refractivity contribution >= 4 is 17.4 Å². The number of fused-ring (bicyclic) bond motifs is 1. The highest BCUT2D eigenvalue weighted by atomic mass is 16.3. The van der Waals surface area contributed by atoms with E-state index in [4.69, 9.17) is 6.42 Å². The number of hydrogen-bond acceptors (Lipinski definition) is 4. The molecule has 1 aliphatic heterocycles. The van der Waals surface area contributed by atoms with E-state index < -0.39 is 11.5 Å². The van der Waals surface area contributed by atoms with Gasteiger partial charge in [-0.05, 0) is 18.2 Å². The van der Waals surface area contributed by atoms with E-state index in [1.807, 2.05) is 0 Å². The third kappa shape index (κ3) is 2.39. The van der Waals surface area contributed by atoms with Gasteiger partial charge in [-0.1, -0.05) is 24.1 Å². The van der Waals surface area contributed by atoms with Crippen molar-refractivity contribution in [1.82, 2.24) is 4.98 Å². The maximum atomic E-state index is 12.7. The van der Waals surface area contributed by atoms with Crippen molar-refractivity contribution in [3.63, 3.8) is 0 Å². The van der Waals surface area contributed by atoms with Gasteiger partial charge in [-0.25, -0.2) is 0 Å². The number of pyridine rings is 1. The molecule has 5 nitrogen and oxygen atoms in total. The number of benzene rings is 1. The summed E-state index contributed by atoms with van der Waals surface area (Å²) in [6.45, 7) is 0.0433. The number of carbonyl (C=O) groups excluding carboxylic acids is 2. The third-order valence-corrected chi connectivity index (χ3v) is 3.91. The van der Waals surface area contributed by atoms with Gasteiger partial charge >= 0.3 is 0 Å². The van der Waals surface area contributed by atoms with Gasteiger partial charge in [-0.15, -0.1) is 6.42 Å². The topological polar surface area (TPSA) is 70.5 Å². The van der Waals surface area contributed by atoms with E-state index >= 15 is 0 Å². The van der Waals surface area contributed by atoms with Crippen molar-refractivity contribution in [3.05, 3.63) is 59.9 Å². The van der Waals surface area contributed by atoms with E-state index in [0.717, 1.165) is 0 Å². The fourth-order valence-electron chi connectivity index (χ4n) is 2.80. The van der Waals surface area contributed by atoms with Crippen molar-refractivity contribution in [2.45, 2.75) is 12.0 Å². The molecular formula is C18H14N2O3. The van der Waals surface area contributed by atoms with Gasteiger partial charge in [-0.2, -0.15) is 0 Å². The maximum Gasteiger partial charge on any atom is 0.265 e. The lowest BCUT2D eigenvalue weighted by molar-refractivity contribution is -0.135. The van der Waals surface area contributed by atoms with E-state index in [1.54, 1.807) is 36.4 Å². The molecule has 0 fully saturated rings. The Kier molecular flexibility index (Phi) is 3.68. The molecule has 0 radical (unpaired) electrons. The standard InChI is InChI=1S/C18H14N2O3/c1-2-11-20-15-6-4-3-5-14(15)18(23,17(20)22)12-16(21)13-7-9-19-10-8-13/h1,3-10,23H,11-12H2/t18-/m0/s1. The van der Waals surface area contributed by atoms with Crippen LogP contribution in [-0.4, -0.2) is 28.3 Å². The predicted octanol–water partition coefficient (Wildman–Crippen LogP) is 1.52. The third-order valence-electron chi connectivity index (χ3n) is 3.91. The fraction of sp³-hybridized carbons (Fsp3) is 0.167. The number of anilines is 1. The van der Waals surface area contributed by atoms with Gasteiger partial charge in [0.15, 0.2) is 11.4 Å². The highest BCUT2D eigenvalue weighted by Gasteiger charge is 2.50. The molecule has 0 saturated carbocycles. The van der Waals surface area contributed by atoms with Gasteiger partial charge in [0, 0.05) is 23.5 Å². The number of para-hydroxylation sites is 1. The van der Waals surface area contributed by atoms with Gasteiger partial charge in [0.05, 0.1) is 18.7 Å². The second-order valence-electron chi connectivity index (χ2n) is 5.31. The number of Topliss-reactive ketones (excluding diaryl/α,β-unsaturated/α-hetero) is 1. The monoisotopic (exact) mass is 306 g/mol. The van der Waals surface area contributed by atoms with Crippen molar-refractivity contribution < 1.29 is 14.7 Å². The summed E-state index contributed by atoms with van der Waals surface area (Å²) in [5.41, 5.74) is -0.550. The molecule has 1 aromatic heterocycles. The molecule has 3 rings (SSSR count). The molecule has 23 heavy (non-hydrogen) atoms. The predicted molar refractivity (Wildman–Crippen MR) is 84.7 cm³/mol. The molecule has 0 bridgehead atoms. The lowest BCUT2D eigenvalue weighted by Gasteiger charge is -2.21. The molecule has 1 aromatic carbocycles. The molecule has 114 valence electrons. The summed E-state index contributed by atoms with van der Waals surface area (Å²) >= 11 is 0. The Bertz CT molecular complexity index is 811. The molecule has 1 atom stereocenters. The normalized spacial score (nSPS) is 19.3. The van der Waals surface area contributed by atoms with Crippen molar-refractivity contribution in [1.29, 1.82) is 0 Å².